The largest absolute Gasteiger partial charge is 0.327 e. The van der Waals surface area contributed by atoms with Gasteiger partial charge in [-0.15, -0.1) is 0 Å². The molecule has 1 heterocycles. The van der Waals surface area contributed by atoms with Gasteiger partial charge in [0, 0.05) is 12.6 Å². The molecule has 0 aromatic carbocycles. The summed E-state index contributed by atoms with van der Waals surface area (Å²) in [6, 6.07) is 2.71. The van der Waals surface area contributed by atoms with Crippen molar-refractivity contribution in [1.82, 2.24) is 4.90 Å². The van der Waals surface area contributed by atoms with Crippen molar-refractivity contribution in [2.24, 2.45) is 11.1 Å². The summed E-state index contributed by atoms with van der Waals surface area (Å²) >= 11 is 0. The van der Waals surface area contributed by atoms with Gasteiger partial charge in [-0.2, -0.15) is 5.26 Å². The highest BCUT2D eigenvalue weighted by atomic mass is 15.1. The van der Waals surface area contributed by atoms with E-state index >= 15 is 0 Å². The third-order valence-electron chi connectivity index (χ3n) is 3.12. The Morgan fingerprint density at radius 1 is 1.53 bits per heavy atom. The Morgan fingerprint density at radius 2 is 2.27 bits per heavy atom. The molecule has 0 amide bonds. The van der Waals surface area contributed by atoms with Crippen molar-refractivity contribution in [1.29, 1.82) is 5.26 Å². The monoisotopic (exact) mass is 209 g/mol. The maximum atomic E-state index is 8.89. The predicted molar refractivity (Wildman–Crippen MR) is 62.3 cm³/mol. The SMILES string of the molecule is CC(C)(C#N)CCCN1CCC[C@@H](N)C1. The first kappa shape index (κ1) is 12.5. The molecule has 3 heteroatoms. The highest BCUT2D eigenvalue weighted by Gasteiger charge is 2.19. The number of rotatable bonds is 4. The zero-order chi connectivity index (χ0) is 11.3. The van der Waals surface area contributed by atoms with Crippen LogP contribution in [0.5, 0.6) is 0 Å². The Bertz CT molecular complexity index is 230. The molecule has 0 spiro atoms. The highest BCUT2D eigenvalue weighted by molar-refractivity contribution is 4.91. The number of piperidine rings is 1. The molecule has 1 saturated heterocycles. The van der Waals surface area contributed by atoms with Crippen molar-refractivity contribution in [3.05, 3.63) is 0 Å². The van der Waals surface area contributed by atoms with Crippen molar-refractivity contribution in [3.63, 3.8) is 0 Å². The van der Waals surface area contributed by atoms with Crippen molar-refractivity contribution in [3.8, 4) is 6.07 Å². The molecule has 0 aromatic rings. The van der Waals surface area contributed by atoms with Crippen LogP contribution in [0.15, 0.2) is 0 Å². The topological polar surface area (TPSA) is 53.0 Å². The second kappa shape index (κ2) is 5.48. The molecule has 1 aliphatic heterocycles. The minimum absolute atomic E-state index is 0.169. The lowest BCUT2D eigenvalue weighted by molar-refractivity contribution is 0.199. The highest BCUT2D eigenvalue weighted by Crippen LogP contribution is 2.21. The van der Waals surface area contributed by atoms with Gasteiger partial charge in [0.25, 0.3) is 0 Å². The summed E-state index contributed by atoms with van der Waals surface area (Å²) in [7, 11) is 0. The fraction of sp³-hybridized carbons (Fsp3) is 0.917. The normalized spacial score (nSPS) is 23.7. The van der Waals surface area contributed by atoms with Crippen LogP contribution in [0.3, 0.4) is 0 Å². The lowest BCUT2D eigenvalue weighted by Crippen LogP contribution is -2.43. The number of nitriles is 1. The van der Waals surface area contributed by atoms with Gasteiger partial charge in [0.1, 0.15) is 0 Å². The molecular weight excluding hydrogens is 186 g/mol. The molecule has 15 heavy (non-hydrogen) atoms. The molecular formula is C12H23N3. The van der Waals surface area contributed by atoms with Crippen molar-refractivity contribution in [2.75, 3.05) is 19.6 Å². The van der Waals surface area contributed by atoms with Gasteiger partial charge in [-0.05, 0) is 52.6 Å². The minimum Gasteiger partial charge on any atom is -0.327 e. The Labute approximate surface area is 93.2 Å². The lowest BCUT2D eigenvalue weighted by Gasteiger charge is -2.31. The van der Waals surface area contributed by atoms with Crippen LogP contribution < -0.4 is 5.73 Å². The Kier molecular flexibility index (Phi) is 4.56. The molecule has 1 rings (SSSR count). The fourth-order valence-electron chi connectivity index (χ4n) is 2.09. The van der Waals surface area contributed by atoms with E-state index in [9.17, 15) is 0 Å². The fourth-order valence-corrected chi connectivity index (χ4v) is 2.09. The summed E-state index contributed by atoms with van der Waals surface area (Å²) in [5.41, 5.74) is 5.75. The van der Waals surface area contributed by atoms with E-state index in [1.54, 1.807) is 0 Å². The minimum atomic E-state index is -0.169. The van der Waals surface area contributed by atoms with Crippen LogP contribution in [-0.2, 0) is 0 Å². The molecule has 0 saturated carbocycles. The van der Waals surface area contributed by atoms with Crippen molar-refractivity contribution >= 4 is 0 Å². The standard InChI is InChI=1S/C12H23N3/c1-12(2,10-13)6-4-8-15-7-3-5-11(14)9-15/h11H,3-9,14H2,1-2H3/t11-/m1/s1. The third kappa shape index (κ3) is 4.63. The second-order valence-electron chi connectivity index (χ2n) is 5.30. The van der Waals surface area contributed by atoms with Gasteiger partial charge < -0.3 is 10.6 Å². The summed E-state index contributed by atoms with van der Waals surface area (Å²) in [5, 5.41) is 8.89. The van der Waals surface area contributed by atoms with Gasteiger partial charge in [-0.3, -0.25) is 0 Å². The summed E-state index contributed by atoms with van der Waals surface area (Å²) in [6.45, 7) is 7.33. The molecule has 0 radical (unpaired) electrons. The Morgan fingerprint density at radius 3 is 2.87 bits per heavy atom. The molecule has 3 nitrogen and oxygen atoms in total. The zero-order valence-electron chi connectivity index (χ0n) is 10.00. The molecule has 0 unspecified atom stereocenters. The number of nitrogens with zero attached hydrogens (tertiary/aromatic N) is 2. The second-order valence-corrected chi connectivity index (χ2v) is 5.30. The number of hydrogen-bond acceptors (Lipinski definition) is 3. The summed E-state index contributed by atoms with van der Waals surface area (Å²) < 4.78 is 0. The Hall–Kier alpha value is -0.590. The summed E-state index contributed by atoms with van der Waals surface area (Å²) in [4.78, 5) is 2.43. The summed E-state index contributed by atoms with van der Waals surface area (Å²) in [6.07, 6.45) is 4.48. The molecule has 1 atom stereocenters. The molecule has 0 aliphatic carbocycles. The Balaban J connectivity index is 2.18. The number of likely N-dealkylation sites (tertiary alicyclic amines) is 1. The smallest absolute Gasteiger partial charge is 0.0683 e. The van der Waals surface area contributed by atoms with Crippen LogP contribution in [0.25, 0.3) is 0 Å². The zero-order valence-corrected chi connectivity index (χ0v) is 10.00. The average molecular weight is 209 g/mol. The summed E-state index contributed by atoms with van der Waals surface area (Å²) in [5.74, 6) is 0. The lowest BCUT2D eigenvalue weighted by atomic mass is 9.89. The van der Waals surface area contributed by atoms with E-state index < -0.39 is 0 Å². The van der Waals surface area contributed by atoms with Crippen molar-refractivity contribution in [2.45, 2.75) is 45.6 Å². The molecule has 86 valence electrons. The molecule has 0 aromatic heterocycles. The number of hydrogen-bond donors (Lipinski definition) is 1. The van der Waals surface area contributed by atoms with Crippen LogP contribution in [0.4, 0.5) is 0 Å². The third-order valence-corrected chi connectivity index (χ3v) is 3.12. The van der Waals surface area contributed by atoms with E-state index in [0.717, 1.165) is 25.9 Å². The van der Waals surface area contributed by atoms with E-state index in [4.69, 9.17) is 11.0 Å². The van der Waals surface area contributed by atoms with Crippen LogP contribution in [0.1, 0.15) is 39.5 Å². The van der Waals surface area contributed by atoms with E-state index in [0.29, 0.717) is 6.04 Å². The van der Waals surface area contributed by atoms with Gasteiger partial charge in [0.05, 0.1) is 11.5 Å². The maximum absolute atomic E-state index is 8.89. The first-order chi connectivity index (χ1) is 7.03. The van der Waals surface area contributed by atoms with Crippen molar-refractivity contribution < 1.29 is 0 Å². The van der Waals surface area contributed by atoms with E-state index in [1.165, 1.54) is 19.4 Å². The van der Waals surface area contributed by atoms with Gasteiger partial charge in [0.15, 0.2) is 0 Å². The van der Waals surface area contributed by atoms with E-state index in [1.807, 2.05) is 13.8 Å². The van der Waals surface area contributed by atoms with Crippen LogP contribution in [-0.4, -0.2) is 30.6 Å². The first-order valence-electron chi connectivity index (χ1n) is 5.93. The van der Waals surface area contributed by atoms with Crippen LogP contribution >= 0.6 is 0 Å². The first-order valence-corrected chi connectivity index (χ1v) is 5.93. The maximum Gasteiger partial charge on any atom is 0.0683 e. The molecule has 1 fully saturated rings. The average Bonchev–Trinajstić information content (AvgIpc) is 2.18. The molecule has 1 aliphatic rings. The van der Waals surface area contributed by atoms with Gasteiger partial charge >= 0.3 is 0 Å². The van der Waals surface area contributed by atoms with Crippen LogP contribution in [0.2, 0.25) is 0 Å². The molecule has 0 bridgehead atoms. The molecule has 2 N–H and O–H groups in total. The van der Waals surface area contributed by atoms with Gasteiger partial charge in [-0.1, -0.05) is 0 Å². The van der Waals surface area contributed by atoms with Gasteiger partial charge in [-0.25, -0.2) is 0 Å². The van der Waals surface area contributed by atoms with Gasteiger partial charge in [0.2, 0.25) is 0 Å². The quantitative estimate of drug-likeness (QED) is 0.767. The van der Waals surface area contributed by atoms with E-state index in [2.05, 4.69) is 11.0 Å². The van der Waals surface area contributed by atoms with Crippen LogP contribution in [0, 0.1) is 16.7 Å². The number of nitrogens with two attached hydrogens (primary N) is 1. The van der Waals surface area contributed by atoms with E-state index in [-0.39, 0.29) is 5.41 Å². The predicted octanol–water partition coefficient (Wildman–Crippen LogP) is 1.74.